The van der Waals surface area contributed by atoms with E-state index in [0.717, 1.165) is 12.8 Å². The van der Waals surface area contributed by atoms with Gasteiger partial charge in [-0.1, -0.05) is 0 Å². The van der Waals surface area contributed by atoms with Crippen LogP contribution in [0.25, 0.3) is 0 Å². The van der Waals surface area contributed by atoms with Crippen LogP contribution in [-0.4, -0.2) is 23.0 Å². The van der Waals surface area contributed by atoms with Gasteiger partial charge in [-0.2, -0.15) is 0 Å². The summed E-state index contributed by atoms with van der Waals surface area (Å²) in [6.07, 6.45) is 4.13. The van der Waals surface area contributed by atoms with Gasteiger partial charge in [-0.05, 0) is 25.3 Å². The Balaban J connectivity index is 2.37. The molecule has 1 unspecified atom stereocenters. The average molecular weight is 221 g/mol. The van der Waals surface area contributed by atoms with Crippen LogP contribution in [0.1, 0.15) is 31.4 Å². The van der Waals surface area contributed by atoms with Crippen molar-refractivity contribution in [2.45, 2.75) is 31.3 Å². The zero-order valence-corrected chi connectivity index (χ0v) is 9.27. The van der Waals surface area contributed by atoms with Crippen molar-refractivity contribution in [2.24, 2.45) is 0 Å². The van der Waals surface area contributed by atoms with E-state index in [2.05, 4.69) is 4.98 Å². The van der Waals surface area contributed by atoms with Gasteiger partial charge in [-0.25, -0.2) is 0 Å². The number of ketones is 1. The van der Waals surface area contributed by atoms with Crippen molar-refractivity contribution >= 4 is 5.78 Å². The highest BCUT2D eigenvalue weighted by Crippen LogP contribution is 2.34. The summed E-state index contributed by atoms with van der Waals surface area (Å²) in [7, 11) is 1.55. The Morgan fingerprint density at radius 3 is 3.00 bits per heavy atom. The summed E-state index contributed by atoms with van der Waals surface area (Å²) in [5, 5.41) is 10.4. The number of hydrogen-bond donors (Lipinski definition) is 1. The standard InChI is InChI=1S/C12H15NO3/c1-16-9-5-7-13-10(8-9)12(15)6-3-2-4-11(12)14/h5,7-8,15H,2-4,6H2,1H3. The van der Waals surface area contributed by atoms with E-state index in [4.69, 9.17) is 4.74 Å². The second-order valence-electron chi connectivity index (χ2n) is 4.07. The molecule has 86 valence electrons. The first-order chi connectivity index (χ1) is 7.66. The van der Waals surface area contributed by atoms with Crippen molar-refractivity contribution in [1.82, 2.24) is 4.98 Å². The maximum Gasteiger partial charge on any atom is 0.170 e. The molecule has 2 rings (SSSR count). The molecule has 0 spiro atoms. The van der Waals surface area contributed by atoms with Crippen molar-refractivity contribution in [1.29, 1.82) is 0 Å². The maximum atomic E-state index is 11.8. The minimum atomic E-state index is -1.41. The van der Waals surface area contributed by atoms with Gasteiger partial charge in [0.1, 0.15) is 5.75 Å². The van der Waals surface area contributed by atoms with Crippen LogP contribution in [0.3, 0.4) is 0 Å². The number of aliphatic hydroxyl groups is 1. The average Bonchev–Trinajstić information content (AvgIpc) is 2.33. The van der Waals surface area contributed by atoms with Gasteiger partial charge in [0, 0.05) is 18.7 Å². The summed E-state index contributed by atoms with van der Waals surface area (Å²) in [6, 6.07) is 3.32. The number of aromatic nitrogens is 1. The zero-order chi connectivity index (χ0) is 11.6. The Labute approximate surface area is 94.3 Å². The van der Waals surface area contributed by atoms with Crippen LogP contribution < -0.4 is 4.74 Å². The van der Waals surface area contributed by atoms with Gasteiger partial charge in [0.15, 0.2) is 11.4 Å². The van der Waals surface area contributed by atoms with Crippen molar-refractivity contribution in [2.75, 3.05) is 7.11 Å². The minimum Gasteiger partial charge on any atom is -0.497 e. The first-order valence-electron chi connectivity index (χ1n) is 5.43. The summed E-state index contributed by atoms with van der Waals surface area (Å²) in [4.78, 5) is 15.9. The van der Waals surface area contributed by atoms with Crippen molar-refractivity contribution in [3.8, 4) is 5.75 Å². The SMILES string of the molecule is COc1ccnc(C2(O)CCCCC2=O)c1. The van der Waals surface area contributed by atoms with Crippen molar-refractivity contribution in [3.63, 3.8) is 0 Å². The molecular formula is C12H15NO3. The topological polar surface area (TPSA) is 59.4 Å². The number of nitrogens with zero attached hydrogens (tertiary/aromatic N) is 1. The summed E-state index contributed by atoms with van der Waals surface area (Å²) in [6.45, 7) is 0. The van der Waals surface area contributed by atoms with Crippen LogP contribution in [0.2, 0.25) is 0 Å². The number of rotatable bonds is 2. The maximum absolute atomic E-state index is 11.8. The quantitative estimate of drug-likeness (QED) is 0.820. The molecule has 0 bridgehead atoms. The van der Waals surface area contributed by atoms with Crippen LogP contribution in [0, 0.1) is 0 Å². The molecule has 4 heteroatoms. The second kappa shape index (κ2) is 4.22. The third kappa shape index (κ3) is 1.80. The predicted molar refractivity (Wildman–Crippen MR) is 58.2 cm³/mol. The highest BCUT2D eigenvalue weighted by atomic mass is 16.5. The fraction of sp³-hybridized carbons (Fsp3) is 0.500. The van der Waals surface area contributed by atoms with E-state index in [1.54, 1.807) is 25.4 Å². The van der Waals surface area contributed by atoms with E-state index in [1.807, 2.05) is 0 Å². The van der Waals surface area contributed by atoms with E-state index in [-0.39, 0.29) is 5.78 Å². The normalized spacial score (nSPS) is 25.5. The first-order valence-corrected chi connectivity index (χ1v) is 5.43. The van der Waals surface area contributed by atoms with Gasteiger partial charge in [-0.3, -0.25) is 9.78 Å². The smallest absolute Gasteiger partial charge is 0.170 e. The Bertz CT molecular complexity index is 405. The molecule has 0 aliphatic heterocycles. The molecular weight excluding hydrogens is 206 g/mol. The van der Waals surface area contributed by atoms with Crippen LogP contribution in [0.15, 0.2) is 18.3 Å². The van der Waals surface area contributed by atoms with Gasteiger partial charge in [0.05, 0.1) is 12.8 Å². The number of carbonyl (C=O) groups is 1. The van der Waals surface area contributed by atoms with Crippen molar-refractivity contribution < 1.29 is 14.6 Å². The molecule has 4 nitrogen and oxygen atoms in total. The molecule has 0 aromatic carbocycles. The molecule has 1 aromatic rings. The molecule has 1 N–H and O–H groups in total. The summed E-state index contributed by atoms with van der Waals surface area (Å²) in [5.74, 6) is 0.469. The van der Waals surface area contributed by atoms with Gasteiger partial charge >= 0.3 is 0 Å². The van der Waals surface area contributed by atoms with E-state index >= 15 is 0 Å². The van der Waals surface area contributed by atoms with Crippen LogP contribution in [0.5, 0.6) is 5.75 Å². The summed E-state index contributed by atoms with van der Waals surface area (Å²) in [5.41, 5.74) is -1.01. The molecule has 0 saturated heterocycles. The third-order valence-electron chi connectivity index (χ3n) is 3.04. The predicted octanol–water partition coefficient (Wildman–Crippen LogP) is 1.42. The molecule has 1 aliphatic carbocycles. The third-order valence-corrected chi connectivity index (χ3v) is 3.04. The van der Waals surface area contributed by atoms with E-state index in [0.29, 0.717) is 24.3 Å². The summed E-state index contributed by atoms with van der Waals surface area (Å²) < 4.78 is 5.06. The molecule has 1 atom stereocenters. The minimum absolute atomic E-state index is 0.139. The van der Waals surface area contributed by atoms with Gasteiger partial charge in [-0.15, -0.1) is 0 Å². The van der Waals surface area contributed by atoms with E-state index in [1.165, 1.54) is 0 Å². The van der Waals surface area contributed by atoms with Gasteiger partial charge in [0.2, 0.25) is 0 Å². The lowest BCUT2D eigenvalue weighted by molar-refractivity contribution is -0.142. The first kappa shape index (κ1) is 11.1. The lowest BCUT2D eigenvalue weighted by Gasteiger charge is -2.29. The number of carbonyl (C=O) groups excluding carboxylic acids is 1. The molecule has 1 fully saturated rings. The Morgan fingerprint density at radius 1 is 1.50 bits per heavy atom. The van der Waals surface area contributed by atoms with E-state index in [9.17, 15) is 9.90 Å². The lowest BCUT2D eigenvalue weighted by Crippen LogP contribution is -2.39. The van der Waals surface area contributed by atoms with Crippen LogP contribution in [-0.2, 0) is 10.4 Å². The van der Waals surface area contributed by atoms with E-state index < -0.39 is 5.60 Å². The monoisotopic (exact) mass is 221 g/mol. The highest BCUT2D eigenvalue weighted by molar-refractivity contribution is 5.88. The molecule has 16 heavy (non-hydrogen) atoms. The second-order valence-corrected chi connectivity index (χ2v) is 4.07. The lowest BCUT2D eigenvalue weighted by atomic mass is 9.81. The molecule has 1 aromatic heterocycles. The van der Waals surface area contributed by atoms with Crippen LogP contribution >= 0.6 is 0 Å². The molecule has 1 aliphatic rings. The number of ether oxygens (including phenoxy) is 1. The number of hydrogen-bond acceptors (Lipinski definition) is 4. The highest BCUT2D eigenvalue weighted by Gasteiger charge is 2.40. The Morgan fingerprint density at radius 2 is 2.31 bits per heavy atom. The zero-order valence-electron chi connectivity index (χ0n) is 9.27. The number of pyridine rings is 1. The molecule has 1 saturated carbocycles. The Hall–Kier alpha value is -1.42. The molecule has 1 heterocycles. The van der Waals surface area contributed by atoms with Crippen molar-refractivity contribution in [3.05, 3.63) is 24.0 Å². The number of methoxy groups -OCH3 is 1. The van der Waals surface area contributed by atoms with Gasteiger partial charge in [0.25, 0.3) is 0 Å². The number of Topliss-reactive ketones (excluding diaryl/α,β-unsaturated/α-hetero) is 1. The largest absolute Gasteiger partial charge is 0.497 e. The van der Waals surface area contributed by atoms with Gasteiger partial charge < -0.3 is 9.84 Å². The fourth-order valence-corrected chi connectivity index (χ4v) is 2.05. The van der Waals surface area contributed by atoms with Crippen LogP contribution in [0.4, 0.5) is 0 Å². The summed E-state index contributed by atoms with van der Waals surface area (Å²) >= 11 is 0. The fourth-order valence-electron chi connectivity index (χ4n) is 2.05. The molecule has 0 amide bonds. The molecule has 0 radical (unpaired) electrons. The Kier molecular flexibility index (Phi) is 2.92.